The maximum absolute atomic E-state index is 12.4. The van der Waals surface area contributed by atoms with Crippen LogP contribution in [0.5, 0.6) is 0 Å². The molecule has 0 aromatic carbocycles. The van der Waals surface area contributed by atoms with Gasteiger partial charge in [-0.1, -0.05) is 20.8 Å². The smallest absolute Gasteiger partial charge is 0.185 e. The predicted molar refractivity (Wildman–Crippen MR) is 82.7 cm³/mol. The van der Waals surface area contributed by atoms with Crippen molar-refractivity contribution in [2.24, 2.45) is 5.41 Å². The average Bonchev–Trinajstić information content (AvgIpc) is 2.35. The Morgan fingerprint density at radius 1 is 1.15 bits per heavy atom. The fourth-order valence-electron chi connectivity index (χ4n) is 2.76. The number of hydrogen-bond donors (Lipinski definition) is 0. The van der Waals surface area contributed by atoms with Gasteiger partial charge in [-0.3, -0.25) is 9.59 Å². The van der Waals surface area contributed by atoms with Crippen LogP contribution in [0.1, 0.15) is 47.5 Å². The van der Waals surface area contributed by atoms with Crippen LogP contribution in [-0.4, -0.2) is 36.6 Å². The average molecular weight is 277 g/mol. The zero-order chi connectivity index (χ0) is 15.5. The minimum Gasteiger partial charge on any atom is -0.306 e. The highest BCUT2D eigenvalue weighted by molar-refractivity contribution is 6.22. The van der Waals surface area contributed by atoms with Crippen molar-refractivity contribution in [1.29, 1.82) is 0 Å². The summed E-state index contributed by atoms with van der Waals surface area (Å²) in [6, 6.07) is 0. The molecule has 1 aliphatic rings. The quantitative estimate of drug-likeness (QED) is 0.700. The van der Waals surface area contributed by atoms with E-state index < -0.39 is 0 Å². The van der Waals surface area contributed by atoms with Gasteiger partial charge < -0.3 is 4.90 Å². The van der Waals surface area contributed by atoms with E-state index in [4.69, 9.17) is 0 Å². The van der Waals surface area contributed by atoms with Crippen molar-refractivity contribution in [2.45, 2.75) is 47.5 Å². The summed E-state index contributed by atoms with van der Waals surface area (Å²) in [5, 5.41) is 0. The Morgan fingerprint density at radius 2 is 1.75 bits per heavy atom. The topological polar surface area (TPSA) is 37.4 Å². The van der Waals surface area contributed by atoms with Gasteiger partial charge in [-0.2, -0.15) is 0 Å². The van der Waals surface area contributed by atoms with E-state index in [1.165, 1.54) is 6.08 Å². The molecular formula is C17H27NO2. The zero-order valence-corrected chi connectivity index (χ0v) is 13.7. The highest BCUT2D eigenvalue weighted by atomic mass is 16.1. The molecule has 20 heavy (non-hydrogen) atoms. The Kier molecular flexibility index (Phi) is 5.46. The third-order valence-electron chi connectivity index (χ3n) is 4.08. The molecule has 0 heterocycles. The van der Waals surface area contributed by atoms with Crippen LogP contribution in [0.15, 0.2) is 22.8 Å². The number of hydrogen-bond acceptors (Lipinski definition) is 3. The summed E-state index contributed by atoms with van der Waals surface area (Å²) in [5.74, 6) is 0.0114. The normalized spacial score (nSPS) is 17.1. The lowest BCUT2D eigenvalue weighted by atomic mass is 9.72. The van der Waals surface area contributed by atoms with Crippen LogP contribution in [0.4, 0.5) is 0 Å². The first-order chi connectivity index (χ1) is 9.20. The SMILES string of the molecule is CCCN(C)CCC(C)(C)C1=C(C)C(=O)C=C(C)C1=O. The molecule has 0 aromatic heterocycles. The van der Waals surface area contributed by atoms with Crippen molar-refractivity contribution in [1.82, 2.24) is 4.90 Å². The van der Waals surface area contributed by atoms with Crippen LogP contribution in [0.2, 0.25) is 0 Å². The molecule has 0 amide bonds. The third kappa shape index (κ3) is 3.66. The first kappa shape index (κ1) is 16.8. The van der Waals surface area contributed by atoms with E-state index in [1.54, 1.807) is 13.8 Å². The Balaban J connectivity index is 2.93. The van der Waals surface area contributed by atoms with Crippen molar-refractivity contribution >= 4 is 11.6 Å². The number of rotatable bonds is 6. The number of allylic oxidation sites excluding steroid dienone is 4. The molecule has 3 nitrogen and oxygen atoms in total. The van der Waals surface area contributed by atoms with E-state index >= 15 is 0 Å². The number of nitrogens with zero attached hydrogens (tertiary/aromatic N) is 1. The number of ketones is 2. The molecule has 0 aliphatic heterocycles. The Labute approximate surface area is 122 Å². The molecule has 0 aromatic rings. The monoisotopic (exact) mass is 277 g/mol. The summed E-state index contributed by atoms with van der Waals surface area (Å²) in [6.07, 6.45) is 3.46. The standard InChI is InChI=1S/C17H27NO2/c1-7-9-18(6)10-8-17(4,5)15-13(3)14(19)11-12(2)16(15)20/h11H,7-10H2,1-6H3. The first-order valence-corrected chi connectivity index (χ1v) is 7.38. The maximum atomic E-state index is 12.4. The van der Waals surface area contributed by atoms with Gasteiger partial charge in [-0.05, 0) is 58.3 Å². The van der Waals surface area contributed by atoms with Gasteiger partial charge in [0.05, 0.1) is 0 Å². The first-order valence-electron chi connectivity index (χ1n) is 7.38. The largest absolute Gasteiger partial charge is 0.306 e. The highest BCUT2D eigenvalue weighted by Gasteiger charge is 2.34. The summed E-state index contributed by atoms with van der Waals surface area (Å²) >= 11 is 0. The molecule has 0 radical (unpaired) electrons. The second-order valence-electron chi connectivity index (χ2n) is 6.46. The molecule has 0 atom stereocenters. The van der Waals surface area contributed by atoms with Crippen molar-refractivity contribution in [3.05, 3.63) is 22.8 Å². The molecule has 0 saturated carbocycles. The van der Waals surface area contributed by atoms with Gasteiger partial charge in [0.2, 0.25) is 0 Å². The molecule has 0 bridgehead atoms. The molecule has 3 heteroatoms. The molecule has 112 valence electrons. The highest BCUT2D eigenvalue weighted by Crippen LogP contribution is 2.37. The lowest BCUT2D eigenvalue weighted by molar-refractivity contribution is -0.116. The van der Waals surface area contributed by atoms with Crippen LogP contribution in [0.3, 0.4) is 0 Å². The van der Waals surface area contributed by atoms with E-state index in [2.05, 4.69) is 32.7 Å². The van der Waals surface area contributed by atoms with Gasteiger partial charge in [0.15, 0.2) is 11.6 Å². The molecular weight excluding hydrogens is 250 g/mol. The lowest BCUT2D eigenvalue weighted by Crippen LogP contribution is -2.32. The maximum Gasteiger partial charge on any atom is 0.185 e. The second kappa shape index (κ2) is 6.49. The zero-order valence-electron chi connectivity index (χ0n) is 13.7. The molecule has 0 N–H and O–H groups in total. The summed E-state index contributed by atoms with van der Waals surface area (Å²) < 4.78 is 0. The van der Waals surface area contributed by atoms with Crippen LogP contribution in [0.25, 0.3) is 0 Å². The minimum absolute atomic E-state index is 0.0212. The van der Waals surface area contributed by atoms with Gasteiger partial charge in [-0.25, -0.2) is 0 Å². The fraction of sp³-hybridized carbons (Fsp3) is 0.647. The predicted octanol–water partition coefficient (Wildman–Crippen LogP) is 3.16. The van der Waals surface area contributed by atoms with Crippen molar-refractivity contribution < 1.29 is 9.59 Å². The van der Waals surface area contributed by atoms with Crippen molar-refractivity contribution in [3.8, 4) is 0 Å². The van der Waals surface area contributed by atoms with Crippen molar-refractivity contribution in [2.75, 3.05) is 20.1 Å². The summed E-state index contributed by atoms with van der Waals surface area (Å²) in [7, 11) is 2.10. The third-order valence-corrected chi connectivity index (χ3v) is 4.08. The molecule has 0 fully saturated rings. The van der Waals surface area contributed by atoms with E-state index in [0.717, 1.165) is 25.9 Å². The molecule has 0 unspecified atom stereocenters. The summed E-state index contributed by atoms with van der Waals surface area (Å²) in [5.41, 5.74) is 1.61. The van der Waals surface area contributed by atoms with Gasteiger partial charge in [0.25, 0.3) is 0 Å². The van der Waals surface area contributed by atoms with Crippen LogP contribution in [-0.2, 0) is 9.59 Å². The fourth-order valence-corrected chi connectivity index (χ4v) is 2.76. The van der Waals surface area contributed by atoms with Crippen LogP contribution in [0, 0.1) is 5.41 Å². The van der Waals surface area contributed by atoms with E-state index in [9.17, 15) is 9.59 Å². The van der Waals surface area contributed by atoms with Gasteiger partial charge in [0.1, 0.15) is 0 Å². The van der Waals surface area contributed by atoms with Gasteiger partial charge >= 0.3 is 0 Å². The summed E-state index contributed by atoms with van der Waals surface area (Å²) in [6.45, 7) is 11.8. The molecule has 0 saturated heterocycles. The van der Waals surface area contributed by atoms with E-state index in [1.807, 2.05) is 0 Å². The minimum atomic E-state index is -0.269. The van der Waals surface area contributed by atoms with Crippen molar-refractivity contribution in [3.63, 3.8) is 0 Å². The second-order valence-corrected chi connectivity index (χ2v) is 6.46. The molecule has 1 aliphatic carbocycles. The van der Waals surface area contributed by atoms with E-state index in [0.29, 0.717) is 16.7 Å². The Hall–Kier alpha value is -1.22. The summed E-state index contributed by atoms with van der Waals surface area (Å²) in [4.78, 5) is 26.6. The number of carbonyl (C=O) groups is 2. The van der Waals surface area contributed by atoms with Crippen LogP contribution < -0.4 is 0 Å². The Bertz CT molecular complexity index is 469. The van der Waals surface area contributed by atoms with E-state index in [-0.39, 0.29) is 17.0 Å². The number of Topliss-reactive ketones (excluding diaryl/α,β-unsaturated/α-hetero) is 1. The molecule has 1 rings (SSSR count). The lowest BCUT2D eigenvalue weighted by Gasteiger charge is -2.32. The Morgan fingerprint density at radius 3 is 2.30 bits per heavy atom. The van der Waals surface area contributed by atoms with Crippen LogP contribution >= 0.6 is 0 Å². The number of carbonyl (C=O) groups excluding carboxylic acids is 2. The van der Waals surface area contributed by atoms with Gasteiger partial charge in [0, 0.05) is 16.7 Å². The molecule has 0 spiro atoms. The van der Waals surface area contributed by atoms with Gasteiger partial charge in [-0.15, -0.1) is 0 Å².